The summed E-state index contributed by atoms with van der Waals surface area (Å²) < 4.78 is 5.19. The quantitative estimate of drug-likeness (QED) is 0.572. The van der Waals surface area contributed by atoms with E-state index in [1.165, 1.54) is 18.3 Å². The van der Waals surface area contributed by atoms with Crippen molar-refractivity contribution in [1.82, 2.24) is 35.5 Å². The molecule has 0 bridgehead atoms. The minimum Gasteiger partial charge on any atom is -0.352 e. The molecule has 9 heteroatoms. The molecule has 3 heterocycles. The molecular weight excluding hydrogens is 394 g/mol. The summed E-state index contributed by atoms with van der Waals surface area (Å²) in [6.07, 6.45) is 3.33. The van der Waals surface area contributed by atoms with Crippen molar-refractivity contribution >= 4 is 5.91 Å². The van der Waals surface area contributed by atoms with E-state index in [4.69, 9.17) is 4.52 Å². The van der Waals surface area contributed by atoms with Crippen molar-refractivity contribution in [3.05, 3.63) is 47.6 Å². The van der Waals surface area contributed by atoms with Crippen LogP contribution in [0.5, 0.6) is 0 Å². The highest BCUT2D eigenvalue weighted by atomic mass is 16.5. The number of aromatic amines is 1. The fraction of sp³-hybridized carbons (Fsp3) is 0.500. The number of nitrogens with one attached hydrogen (secondary N) is 2. The van der Waals surface area contributed by atoms with Gasteiger partial charge in [0.15, 0.2) is 5.82 Å². The third-order valence-electron chi connectivity index (χ3n) is 5.59. The van der Waals surface area contributed by atoms with E-state index >= 15 is 0 Å². The highest BCUT2D eigenvalue weighted by Crippen LogP contribution is 2.23. The number of hydrogen-bond donors (Lipinski definition) is 2. The third-order valence-corrected chi connectivity index (χ3v) is 5.59. The van der Waals surface area contributed by atoms with Gasteiger partial charge in [0.2, 0.25) is 17.6 Å². The molecule has 1 aliphatic heterocycles. The van der Waals surface area contributed by atoms with Crippen molar-refractivity contribution in [3.8, 4) is 11.6 Å². The number of rotatable bonds is 8. The molecule has 2 unspecified atom stereocenters. The van der Waals surface area contributed by atoms with Crippen LogP contribution in [-0.2, 0) is 24.3 Å². The Morgan fingerprint density at radius 1 is 1.23 bits per heavy atom. The third kappa shape index (κ3) is 5.75. The van der Waals surface area contributed by atoms with E-state index in [-0.39, 0.29) is 12.3 Å². The van der Waals surface area contributed by atoms with Crippen molar-refractivity contribution in [2.24, 2.45) is 11.8 Å². The molecule has 164 valence electrons. The lowest BCUT2D eigenvalue weighted by Crippen LogP contribution is -2.38. The van der Waals surface area contributed by atoms with Crippen molar-refractivity contribution in [1.29, 1.82) is 0 Å². The lowest BCUT2D eigenvalue weighted by molar-refractivity contribution is -0.121. The predicted octanol–water partition coefficient (Wildman–Crippen LogP) is 2.58. The van der Waals surface area contributed by atoms with Crippen LogP contribution < -0.4 is 5.32 Å². The summed E-state index contributed by atoms with van der Waals surface area (Å²) in [5.74, 6) is 2.58. The summed E-state index contributed by atoms with van der Waals surface area (Å²) in [6, 6.07) is 8.35. The Bertz CT molecular complexity index is 975. The van der Waals surface area contributed by atoms with E-state index in [0.29, 0.717) is 30.5 Å². The van der Waals surface area contributed by atoms with Crippen molar-refractivity contribution in [2.45, 2.75) is 46.2 Å². The van der Waals surface area contributed by atoms with E-state index in [1.807, 2.05) is 6.07 Å². The number of H-pyrrole nitrogens is 1. The van der Waals surface area contributed by atoms with Gasteiger partial charge in [-0.1, -0.05) is 43.3 Å². The zero-order valence-electron chi connectivity index (χ0n) is 18.0. The zero-order chi connectivity index (χ0) is 21.6. The molecule has 1 aromatic carbocycles. The molecule has 2 aromatic heterocycles. The number of aryl methyl sites for hydroxylation is 1. The van der Waals surface area contributed by atoms with Gasteiger partial charge in [-0.05, 0) is 29.4 Å². The van der Waals surface area contributed by atoms with Crippen LogP contribution in [0.3, 0.4) is 0 Å². The van der Waals surface area contributed by atoms with Crippen LogP contribution in [0.4, 0.5) is 0 Å². The second kappa shape index (κ2) is 9.82. The molecule has 2 N–H and O–H groups in total. The molecule has 9 nitrogen and oxygen atoms in total. The number of amides is 1. The number of nitrogens with zero attached hydrogens (tertiary/aromatic N) is 5. The largest absolute Gasteiger partial charge is 0.352 e. The first kappa shape index (κ1) is 21.2. The van der Waals surface area contributed by atoms with Gasteiger partial charge in [0, 0.05) is 39.0 Å². The second-order valence-electron chi connectivity index (χ2n) is 8.53. The van der Waals surface area contributed by atoms with Gasteiger partial charge in [-0.25, -0.2) is 4.98 Å². The van der Waals surface area contributed by atoms with Gasteiger partial charge in [0.05, 0.1) is 0 Å². The van der Waals surface area contributed by atoms with Gasteiger partial charge in [0.1, 0.15) is 6.33 Å². The van der Waals surface area contributed by atoms with Gasteiger partial charge < -0.3 is 9.84 Å². The maximum Gasteiger partial charge on any atom is 0.239 e. The number of piperidine rings is 1. The summed E-state index contributed by atoms with van der Waals surface area (Å²) in [7, 11) is 0. The number of carbonyl (C=O) groups is 1. The Labute approximate surface area is 181 Å². The molecule has 1 saturated heterocycles. The summed E-state index contributed by atoms with van der Waals surface area (Å²) >= 11 is 0. The monoisotopic (exact) mass is 423 g/mol. The van der Waals surface area contributed by atoms with Crippen molar-refractivity contribution < 1.29 is 9.32 Å². The van der Waals surface area contributed by atoms with Crippen LogP contribution in [0.15, 0.2) is 35.1 Å². The lowest BCUT2D eigenvalue weighted by atomic mass is 9.91. The van der Waals surface area contributed by atoms with Crippen LogP contribution in [0, 0.1) is 11.8 Å². The normalized spacial score (nSPS) is 19.4. The van der Waals surface area contributed by atoms with E-state index in [9.17, 15) is 4.79 Å². The number of benzene rings is 1. The molecule has 3 aromatic rings. The Kier molecular flexibility index (Phi) is 6.71. The minimum atomic E-state index is -0.0468. The molecule has 1 fully saturated rings. The topological polar surface area (TPSA) is 113 Å². The molecule has 1 amide bonds. The maximum absolute atomic E-state index is 12.4. The molecule has 0 radical (unpaired) electrons. The molecule has 1 aliphatic rings. The van der Waals surface area contributed by atoms with Gasteiger partial charge in [0.25, 0.3) is 0 Å². The molecule has 4 rings (SSSR count). The molecule has 0 aliphatic carbocycles. The first-order valence-corrected chi connectivity index (χ1v) is 10.8. The molecular formula is C22H29N7O2. The second-order valence-corrected chi connectivity index (χ2v) is 8.53. The number of aromatic nitrogens is 5. The smallest absolute Gasteiger partial charge is 0.239 e. The zero-order valence-corrected chi connectivity index (χ0v) is 18.0. The first-order chi connectivity index (χ1) is 15.1. The minimum absolute atomic E-state index is 0.0468. The summed E-state index contributed by atoms with van der Waals surface area (Å²) in [5.41, 5.74) is 2.44. The Morgan fingerprint density at radius 3 is 2.74 bits per heavy atom. The summed E-state index contributed by atoms with van der Waals surface area (Å²) in [6.45, 7) is 8.35. The van der Waals surface area contributed by atoms with Gasteiger partial charge in [-0.2, -0.15) is 10.1 Å². The SMILES string of the molecule is CC1CC(C)CN(Cc2ccccc2CNC(=O)CCc2nc(-c3ncn[nH]3)no2)C1. The van der Waals surface area contributed by atoms with Crippen molar-refractivity contribution in [2.75, 3.05) is 13.1 Å². The van der Waals surface area contributed by atoms with Gasteiger partial charge >= 0.3 is 0 Å². The molecule has 2 atom stereocenters. The van der Waals surface area contributed by atoms with E-state index in [0.717, 1.165) is 37.0 Å². The van der Waals surface area contributed by atoms with E-state index in [2.05, 4.69) is 67.6 Å². The number of carbonyl (C=O) groups excluding carboxylic acids is 1. The average molecular weight is 424 g/mol. The lowest BCUT2D eigenvalue weighted by Gasteiger charge is -2.35. The summed E-state index contributed by atoms with van der Waals surface area (Å²) in [5, 5.41) is 13.3. The van der Waals surface area contributed by atoms with E-state index < -0.39 is 0 Å². The predicted molar refractivity (Wildman–Crippen MR) is 115 cm³/mol. The highest BCUT2D eigenvalue weighted by Gasteiger charge is 2.22. The van der Waals surface area contributed by atoms with Gasteiger partial charge in [-0.3, -0.25) is 14.8 Å². The number of hydrogen-bond acceptors (Lipinski definition) is 7. The van der Waals surface area contributed by atoms with Crippen LogP contribution in [-0.4, -0.2) is 49.2 Å². The van der Waals surface area contributed by atoms with Gasteiger partial charge in [-0.15, -0.1) is 0 Å². The van der Waals surface area contributed by atoms with Crippen LogP contribution in [0.2, 0.25) is 0 Å². The first-order valence-electron chi connectivity index (χ1n) is 10.8. The molecule has 0 spiro atoms. The fourth-order valence-corrected chi connectivity index (χ4v) is 4.31. The van der Waals surface area contributed by atoms with Crippen molar-refractivity contribution in [3.63, 3.8) is 0 Å². The molecule has 0 saturated carbocycles. The summed E-state index contributed by atoms with van der Waals surface area (Å²) in [4.78, 5) is 23.1. The number of likely N-dealkylation sites (tertiary alicyclic amines) is 1. The maximum atomic E-state index is 12.4. The Morgan fingerprint density at radius 2 is 2.00 bits per heavy atom. The fourth-order valence-electron chi connectivity index (χ4n) is 4.31. The average Bonchev–Trinajstić information content (AvgIpc) is 3.42. The van der Waals surface area contributed by atoms with E-state index in [1.54, 1.807) is 0 Å². The van der Waals surface area contributed by atoms with Crippen LogP contribution >= 0.6 is 0 Å². The Balaban J connectivity index is 1.27. The highest BCUT2D eigenvalue weighted by molar-refractivity contribution is 5.76. The standard InChI is InChI=1S/C22H29N7O2/c1-15-9-16(2)12-29(11-15)13-18-6-4-3-5-17(18)10-23-19(30)7-8-20-26-22(28-31-20)21-24-14-25-27-21/h3-6,14-16H,7-13H2,1-2H3,(H,23,30)(H,24,25,27). The van der Waals surface area contributed by atoms with Crippen LogP contribution in [0.1, 0.15) is 43.7 Å². The Hall–Kier alpha value is -3.07. The molecule has 31 heavy (non-hydrogen) atoms. The van der Waals surface area contributed by atoms with Crippen LogP contribution in [0.25, 0.3) is 11.6 Å².